The molecule has 1 N–H and O–H groups in total. The maximum atomic E-state index is 14.0. The monoisotopic (exact) mass is 422 g/mol. The van der Waals surface area contributed by atoms with E-state index in [2.05, 4.69) is 20.8 Å². The number of benzene rings is 2. The zero-order valence-corrected chi connectivity index (χ0v) is 20.9. The highest BCUT2D eigenvalue weighted by atomic mass is 16.3. The van der Waals surface area contributed by atoms with E-state index in [4.69, 9.17) is 0 Å². The van der Waals surface area contributed by atoms with Crippen LogP contribution in [0.25, 0.3) is 0 Å². The quantitative estimate of drug-likeness (QED) is 0.432. The lowest BCUT2D eigenvalue weighted by Crippen LogP contribution is -2.53. The fourth-order valence-electron chi connectivity index (χ4n) is 4.60. The second kappa shape index (κ2) is 8.70. The van der Waals surface area contributed by atoms with Crippen LogP contribution < -0.4 is 0 Å². The molecule has 0 aliphatic heterocycles. The van der Waals surface area contributed by atoms with Crippen molar-refractivity contribution in [2.75, 3.05) is 0 Å². The van der Waals surface area contributed by atoms with Gasteiger partial charge in [-0.15, -0.1) is 0 Å². The zero-order chi connectivity index (χ0) is 23.9. The molecule has 0 aliphatic rings. The van der Waals surface area contributed by atoms with Crippen LogP contribution in [0.4, 0.5) is 0 Å². The van der Waals surface area contributed by atoms with Crippen LogP contribution in [0.5, 0.6) is 0 Å². The van der Waals surface area contributed by atoms with Gasteiger partial charge in [0.05, 0.1) is 0 Å². The Bertz CT molecular complexity index is 952. The van der Waals surface area contributed by atoms with Gasteiger partial charge in [0.25, 0.3) is 0 Å². The van der Waals surface area contributed by atoms with Crippen molar-refractivity contribution in [3.63, 3.8) is 0 Å². The highest BCUT2D eigenvalue weighted by molar-refractivity contribution is 6.24. The van der Waals surface area contributed by atoms with Crippen LogP contribution in [0, 0.1) is 52.9 Å². The molecule has 0 fully saturated rings. The maximum absolute atomic E-state index is 14.0. The molecule has 2 aromatic carbocycles. The van der Waals surface area contributed by atoms with E-state index in [-0.39, 0.29) is 5.41 Å². The molecular formula is C28H38O3. The SMILES string of the molecule is Cc1ccc(C)c(C(=O)C(O)(C(=O)c2c(C)ccc(C)c2C)C(C)CC(C)(C)C)c1C. The highest BCUT2D eigenvalue weighted by Gasteiger charge is 2.51. The minimum absolute atomic E-state index is 0.151. The molecule has 0 saturated heterocycles. The molecule has 3 heteroatoms. The number of hydrogen-bond acceptors (Lipinski definition) is 3. The maximum Gasteiger partial charge on any atom is 0.203 e. The van der Waals surface area contributed by atoms with Crippen LogP contribution in [0.3, 0.4) is 0 Å². The smallest absolute Gasteiger partial charge is 0.203 e. The van der Waals surface area contributed by atoms with Gasteiger partial charge < -0.3 is 5.11 Å². The molecule has 0 amide bonds. The summed E-state index contributed by atoms with van der Waals surface area (Å²) in [6, 6.07) is 7.71. The Hall–Kier alpha value is -2.26. The van der Waals surface area contributed by atoms with Crippen LogP contribution in [0.1, 0.15) is 88.2 Å². The Kier molecular flexibility index (Phi) is 7.02. The lowest BCUT2D eigenvalue weighted by Gasteiger charge is -2.36. The van der Waals surface area contributed by atoms with Gasteiger partial charge in [0.2, 0.25) is 11.6 Å². The molecule has 0 aromatic heterocycles. The number of hydrogen-bond donors (Lipinski definition) is 1. The average molecular weight is 423 g/mol. The summed E-state index contributed by atoms with van der Waals surface area (Å²) in [6.45, 7) is 19.4. The molecule has 0 spiro atoms. The number of Topliss-reactive ketones (excluding diaryl/α,β-unsaturated/α-hetero) is 2. The van der Waals surface area contributed by atoms with Gasteiger partial charge in [-0.05, 0) is 86.8 Å². The minimum atomic E-state index is -2.14. The Morgan fingerprint density at radius 3 is 1.39 bits per heavy atom. The van der Waals surface area contributed by atoms with E-state index in [0.29, 0.717) is 17.5 Å². The summed E-state index contributed by atoms with van der Waals surface area (Å²) in [5.41, 5.74) is 3.75. The first kappa shape index (κ1) is 25.0. The van der Waals surface area contributed by atoms with Crippen molar-refractivity contribution in [2.45, 2.75) is 81.3 Å². The van der Waals surface area contributed by atoms with E-state index in [9.17, 15) is 14.7 Å². The van der Waals surface area contributed by atoms with Gasteiger partial charge >= 0.3 is 0 Å². The predicted molar refractivity (Wildman–Crippen MR) is 128 cm³/mol. The second-order valence-corrected chi connectivity index (χ2v) is 10.5. The first-order valence-corrected chi connectivity index (χ1v) is 11.1. The standard InChI is InChI=1S/C28H38O3/c1-16-11-13-18(3)23(21(16)6)25(29)28(31,20(5)15-27(8,9)10)26(30)24-19(4)14-12-17(2)22(24)7/h11-14,20,31H,15H2,1-10H3. The Morgan fingerprint density at radius 1 is 0.742 bits per heavy atom. The summed E-state index contributed by atoms with van der Waals surface area (Å²) in [4.78, 5) is 28.1. The third-order valence-electron chi connectivity index (χ3n) is 6.67. The van der Waals surface area contributed by atoms with Gasteiger partial charge in [-0.3, -0.25) is 9.59 Å². The van der Waals surface area contributed by atoms with Crippen LogP contribution in [-0.2, 0) is 0 Å². The van der Waals surface area contributed by atoms with Crippen molar-refractivity contribution in [1.29, 1.82) is 0 Å². The molecule has 31 heavy (non-hydrogen) atoms. The van der Waals surface area contributed by atoms with Gasteiger partial charge in [-0.25, -0.2) is 0 Å². The van der Waals surface area contributed by atoms with Crippen molar-refractivity contribution >= 4 is 11.6 Å². The molecule has 2 rings (SSSR count). The summed E-state index contributed by atoms with van der Waals surface area (Å²) < 4.78 is 0. The summed E-state index contributed by atoms with van der Waals surface area (Å²) in [7, 11) is 0. The molecule has 0 aliphatic carbocycles. The first-order valence-electron chi connectivity index (χ1n) is 11.1. The van der Waals surface area contributed by atoms with Gasteiger partial charge in [-0.1, -0.05) is 52.0 Å². The molecule has 0 bridgehead atoms. The number of aliphatic hydroxyl groups is 1. The Labute approximate surface area is 187 Å². The van der Waals surface area contributed by atoms with Gasteiger partial charge in [0.15, 0.2) is 5.60 Å². The number of aryl methyl sites for hydroxylation is 4. The summed E-state index contributed by atoms with van der Waals surface area (Å²) >= 11 is 0. The van der Waals surface area contributed by atoms with E-state index >= 15 is 0 Å². The summed E-state index contributed by atoms with van der Waals surface area (Å²) in [6.07, 6.45) is 0.537. The second-order valence-electron chi connectivity index (χ2n) is 10.5. The molecular weight excluding hydrogens is 384 g/mol. The van der Waals surface area contributed by atoms with Crippen molar-refractivity contribution < 1.29 is 14.7 Å². The van der Waals surface area contributed by atoms with E-state index in [1.54, 1.807) is 0 Å². The topological polar surface area (TPSA) is 54.4 Å². The van der Waals surface area contributed by atoms with Gasteiger partial charge in [0, 0.05) is 17.0 Å². The molecule has 1 unspecified atom stereocenters. The fraction of sp³-hybridized carbons (Fsp3) is 0.500. The van der Waals surface area contributed by atoms with Crippen molar-refractivity contribution in [3.05, 3.63) is 68.8 Å². The van der Waals surface area contributed by atoms with Crippen LogP contribution >= 0.6 is 0 Å². The molecule has 1 atom stereocenters. The van der Waals surface area contributed by atoms with E-state index in [0.717, 1.165) is 33.4 Å². The molecule has 168 valence electrons. The molecule has 0 heterocycles. The van der Waals surface area contributed by atoms with E-state index in [1.165, 1.54) is 0 Å². The molecule has 0 radical (unpaired) electrons. The van der Waals surface area contributed by atoms with Crippen molar-refractivity contribution in [1.82, 2.24) is 0 Å². The van der Waals surface area contributed by atoms with E-state index in [1.807, 2.05) is 72.7 Å². The highest BCUT2D eigenvalue weighted by Crippen LogP contribution is 2.38. The largest absolute Gasteiger partial charge is 0.374 e. The first-order chi connectivity index (χ1) is 14.1. The molecule has 3 nitrogen and oxygen atoms in total. The molecule has 0 saturated carbocycles. The van der Waals surface area contributed by atoms with Crippen LogP contribution in [0.15, 0.2) is 24.3 Å². The third kappa shape index (κ3) is 4.67. The Balaban J connectivity index is 2.80. The van der Waals surface area contributed by atoms with Gasteiger partial charge in [0.1, 0.15) is 0 Å². The number of ketones is 2. The zero-order valence-electron chi connectivity index (χ0n) is 20.9. The minimum Gasteiger partial charge on any atom is -0.374 e. The molecule has 2 aromatic rings. The lowest BCUT2D eigenvalue weighted by molar-refractivity contribution is 0.000492. The predicted octanol–water partition coefficient (Wildman–Crippen LogP) is 6.41. The summed E-state index contributed by atoms with van der Waals surface area (Å²) in [5.74, 6) is -1.53. The average Bonchev–Trinajstić information content (AvgIpc) is 2.66. The van der Waals surface area contributed by atoms with E-state index < -0.39 is 23.1 Å². The lowest BCUT2D eigenvalue weighted by atomic mass is 9.69. The number of rotatable bonds is 6. The third-order valence-corrected chi connectivity index (χ3v) is 6.67. The van der Waals surface area contributed by atoms with Gasteiger partial charge in [-0.2, -0.15) is 0 Å². The van der Waals surface area contributed by atoms with Crippen molar-refractivity contribution in [2.24, 2.45) is 11.3 Å². The van der Waals surface area contributed by atoms with Crippen LogP contribution in [-0.4, -0.2) is 22.3 Å². The fourth-order valence-corrected chi connectivity index (χ4v) is 4.60. The number of carbonyl (C=O) groups excluding carboxylic acids is 2. The van der Waals surface area contributed by atoms with Crippen LogP contribution in [0.2, 0.25) is 0 Å². The number of carbonyl (C=O) groups is 2. The summed E-state index contributed by atoms with van der Waals surface area (Å²) in [5, 5.41) is 12.1. The Morgan fingerprint density at radius 2 is 1.06 bits per heavy atom. The van der Waals surface area contributed by atoms with Crippen molar-refractivity contribution in [3.8, 4) is 0 Å². The normalized spacial score (nSPS) is 13.3.